The topological polar surface area (TPSA) is 168 Å². The Balaban J connectivity index is 1.68. The summed E-state index contributed by atoms with van der Waals surface area (Å²) in [7, 11) is -4.64. The number of rotatable bonds is 11. The van der Waals surface area contributed by atoms with Crippen molar-refractivity contribution in [3.63, 3.8) is 0 Å². The summed E-state index contributed by atoms with van der Waals surface area (Å²) in [6.07, 6.45) is -6.86. The highest BCUT2D eigenvalue weighted by Crippen LogP contribution is 2.51. The summed E-state index contributed by atoms with van der Waals surface area (Å²) in [6, 6.07) is 8.78. The lowest BCUT2D eigenvalue weighted by Gasteiger charge is -2.26. The number of carbonyl (C=O) groups is 1. The van der Waals surface area contributed by atoms with E-state index in [1.807, 2.05) is 0 Å². The number of para-hydroxylation sites is 1. The van der Waals surface area contributed by atoms with E-state index in [-0.39, 0.29) is 22.7 Å². The van der Waals surface area contributed by atoms with Crippen LogP contribution in [0.4, 0.5) is 14.7 Å². The fourth-order valence-corrected chi connectivity index (χ4v) is 5.85. The molecular weight excluding hydrogens is 553 g/mol. The first-order valence-corrected chi connectivity index (χ1v) is 14.0. The van der Waals surface area contributed by atoms with Crippen molar-refractivity contribution in [1.29, 1.82) is 0 Å². The first-order chi connectivity index (χ1) is 19.6. The van der Waals surface area contributed by atoms with E-state index in [9.17, 15) is 23.7 Å². The molecule has 40 heavy (non-hydrogen) atoms. The Morgan fingerprint density at radius 1 is 1.35 bits per heavy atom. The number of aliphatic hydroxyl groups is 1. The lowest BCUT2D eigenvalue weighted by atomic mass is 9.97. The Morgan fingerprint density at radius 2 is 2.05 bits per heavy atom. The van der Waals surface area contributed by atoms with Gasteiger partial charge in [-0.3, -0.25) is 19.1 Å². The molecule has 4 N–H and O–H groups in total. The number of halogens is 2. The SMILES string of the molecule is [2H]C([2H])(O[P@](=O)(C[C@@H](C)C(=O)OC(C)C)Oc1ccccc1)[C@H]1O[C@@H](n2ccc3c(=O)[nH]c(N)nc32)C(F)(CF)[C@H]1O. The zero-order chi connectivity index (χ0) is 31.0. The number of nitrogen functional groups attached to an aromatic ring is 1. The van der Waals surface area contributed by atoms with E-state index < -0.39 is 74.6 Å². The average molecular weight is 587 g/mol. The fourth-order valence-electron chi connectivity index (χ4n) is 4.13. The van der Waals surface area contributed by atoms with Gasteiger partial charge in [-0.15, -0.1) is 0 Å². The Kier molecular flexibility index (Phi) is 7.83. The number of nitrogens with one attached hydrogen (secondary N) is 1. The van der Waals surface area contributed by atoms with Gasteiger partial charge in [0.25, 0.3) is 5.56 Å². The number of aliphatic hydroxyl groups excluding tert-OH is 1. The molecule has 1 unspecified atom stereocenters. The predicted octanol–water partition coefficient (Wildman–Crippen LogP) is 3.12. The minimum Gasteiger partial charge on any atom is -0.463 e. The lowest BCUT2D eigenvalue weighted by molar-refractivity contribution is -0.151. The normalized spacial score (nSPS) is 26.2. The van der Waals surface area contributed by atoms with Crippen LogP contribution in [0.15, 0.2) is 47.4 Å². The highest BCUT2D eigenvalue weighted by Gasteiger charge is 2.59. The van der Waals surface area contributed by atoms with Gasteiger partial charge in [0, 0.05) is 6.20 Å². The predicted molar refractivity (Wildman–Crippen MR) is 140 cm³/mol. The maximum atomic E-state index is 16.1. The minimum absolute atomic E-state index is 0.00289. The zero-order valence-electron chi connectivity index (χ0n) is 23.8. The van der Waals surface area contributed by atoms with Crippen molar-refractivity contribution in [1.82, 2.24) is 14.5 Å². The van der Waals surface area contributed by atoms with E-state index in [1.165, 1.54) is 25.1 Å². The van der Waals surface area contributed by atoms with Gasteiger partial charge in [-0.1, -0.05) is 25.1 Å². The maximum Gasteiger partial charge on any atom is 0.380 e. The number of fused-ring (bicyclic) bond motifs is 1. The van der Waals surface area contributed by atoms with Crippen molar-refractivity contribution in [3.8, 4) is 5.75 Å². The van der Waals surface area contributed by atoms with Gasteiger partial charge in [0.05, 0.1) is 32.9 Å². The molecule has 1 aliphatic rings. The number of H-pyrrole nitrogens is 1. The third-order valence-electron chi connectivity index (χ3n) is 6.07. The molecule has 218 valence electrons. The molecule has 3 heterocycles. The number of hydrogen-bond donors (Lipinski definition) is 3. The molecule has 0 amide bonds. The van der Waals surface area contributed by atoms with Crippen LogP contribution in [0.3, 0.4) is 0 Å². The second-order valence-electron chi connectivity index (χ2n) is 9.62. The molecule has 0 spiro atoms. The molecule has 4 rings (SSSR count). The molecule has 12 nitrogen and oxygen atoms in total. The summed E-state index contributed by atoms with van der Waals surface area (Å²) in [5, 5.41) is 10.8. The van der Waals surface area contributed by atoms with E-state index >= 15 is 4.39 Å². The van der Waals surface area contributed by atoms with Crippen LogP contribution in [0.5, 0.6) is 5.75 Å². The van der Waals surface area contributed by atoms with Crippen molar-refractivity contribution in [3.05, 3.63) is 52.9 Å². The van der Waals surface area contributed by atoms with Crippen molar-refractivity contribution in [2.45, 2.75) is 51.0 Å². The number of anilines is 1. The summed E-state index contributed by atoms with van der Waals surface area (Å²) >= 11 is 0. The monoisotopic (exact) mass is 586 g/mol. The molecule has 15 heteroatoms. The first-order valence-electron chi connectivity index (χ1n) is 13.3. The number of esters is 1. The number of hydrogen-bond acceptors (Lipinski definition) is 10. The molecule has 1 saturated heterocycles. The third-order valence-corrected chi connectivity index (χ3v) is 7.94. The number of aromatic amines is 1. The molecule has 1 aliphatic heterocycles. The second-order valence-corrected chi connectivity index (χ2v) is 11.6. The van der Waals surface area contributed by atoms with Gasteiger partial charge >= 0.3 is 13.6 Å². The molecule has 1 fully saturated rings. The molecule has 1 aromatic carbocycles. The van der Waals surface area contributed by atoms with Crippen LogP contribution >= 0.6 is 7.60 Å². The number of carbonyl (C=O) groups excluding carboxylic acids is 1. The van der Waals surface area contributed by atoms with Gasteiger partial charge < -0.3 is 29.4 Å². The van der Waals surface area contributed by atoms with E-state index in [0.29, 0.717) is 0 Å². The third kappa shape index (κ3) is 6.04. The van der Waals surface area contributed by atoms with Crippen LogP contribution in [0.1, 0.15) is 29.7 Å². The van der Waals surface area contributed by atoms with Gasteiger partial charge in [0.2, 0.25) is 11.6 Å². The maximum absolute atomic E-state index is 16.1. The van der Waals surface area contributed by atoms with Crippen molar-refractivity contribution >= 4 is 30.5 Å². The highest BCUT2D eigenvalue weighted by atomic mass is 31.2. The van der Waals surface area contributed by atoms with Crippen LogP contribution in [0, 0.1) is 5.92 Å². The molecule has 2 aromatic heterocycles. The molecule has 0 bridgehead atoms. The van der Waals surface area contributed by atoms with Gasteiger partial charge in [0.15, 0.2) is 11.9 Å². The van der Waals surface area contributed by atoms with Crippen molar-refractivity contribution in [2.24, 2.45) is 5.92 Å². The quantitative estimate of drug-likeness (QED) is 0.224. The Hall–Kier alpha value is -3.32. The standard InChI is InChI=1S/C25H31F2N4O8P/c1-14(2)37-22(34)15(3)12-40(35,39-16-7-5-4-6-8-16)36-11-18-19(32)25(27,13-26)23(38-18)31-10-9-17-20(31)29-24(28)30-21(17)33/h4-10,14-15,18-19,23,32H,11-13H2,1-3H3,(H3,28,29,30,33)/t15-,18-,19+,23-,25?,40-/m1/s1/i11D2. The van der Waals surface area contributed by atoms with Gasteiger partial charge in [-0.05, 0) is 32.0 Å². The molecule has 0 aliphatic carbocycles. The van der Waals surface area contributed by atoms with E-state index in [4.69, 9.17) is 27.0 Å². The molecule has 0 saturated carbocycles. The average Bonchev–Trinajstić information content (AvgIpc) is 3.42. The number of benzene rings is 1. The number of ether oxygens (including phenoxy) is 2. The lowest BCUT2D eigenvalue weighted by Crippen LogP contribution is -2.45. The molecule has 3 aromatic rings. The zero-order valence-corrected chi connectivity index (χ0v) is 22.7. The summed E-state index contributed by atoms with van der Waals surface area (Å²) in [5.41, 5.74) is 1.42. The summed E-state index contributed by atoms with van der Waals surface area (Å²) in [5.74, 6) is -2.20. The Morgan fingerprint density at radius 3 is 2.70 bits per heavy atom. The van der Waals surface area contributed by atoms with Crippen LogP contribution in [0.2, 0.25) is 0 Å². The van der Waals surface area contributed by atoms with Gasteiger partial charge in [0.1, 0.15) is 24.6 Å². The molecule has 0 radical (unpaired) electrons. The Labute approximate surface area is 230 Å². The smallest absolute Gasteiger partial charge is 0.380 e. The van der Waals surface area contributed by atoms with Crippen LogP contribution in [-0.2, 0) is 23.4 Å². The van der Waals surface area contributed by atoms with Crippen LogP contribution in [-0.4, -0.2) is 69.0 Å². The first kappa shape index (κ1) is 26.9. The van der Waals surface area contributed by atoms with Crippen LogP contribution in [0.25, 0.3) is 11.0 Å². The van der Waals surface area contributed by atoms with Gasteiger partial charge in [-0.2, -0.15) is 4.98 Å². The van der Waals surface area contributed by atoms with E-state index in [0.717, 1.165) is 10.8 Å². The summed E-state index contributed by atoms with van der Waals surface area (Å²) in [6.45, 7) is -0.539. The van der Waals surface area contributed by atoms with Crippen LogP contribution < -0.4 is 15.8 Å². The molecule has 6 atom stereocenters. The van der Waals surface area contributed by atoms with E-state index in [1.54, 1.807) is 32.0 Å². The number of aromatic nitrogens is 3. The second kappa shape index (κ2) is 11.7. The van der Waals surface area contributed by atoms with Crippen molar-refractivity contribution in [2.75, 3.05) is 25.1 Å². The molecular formula is C25H31F2N4O8P. The highest BCUT2D eigenvalue weighted by molar-refractivity contribution is 7.54. The summed E-state index contributed by atoms with van der Waals surface area (Å²) in [4.78, 5) is 30.9. The Bertz CT molecular complexity index is 1540. The van der Waals surface area contributed by atoms with Crippen molar-refractivity contribution < 1.29 is 44.5 Å². The fraction of sp³-hybridized carbons (Fsp3) is 0.480. The largest absolute Gasteiger partial charge is 0.463 e. The van der Waals surface area contributed by atoms with Gasteiger partial charge in [-0.25, -0.2) is 13.3 Å². The number of nitrogens with zero attached hydrogens (tertiary/aromatic N) is 2. The summed E-state index contributed by atoms with van der Waals surface area (Å²) < 4.78 is 83.8. The number of nitrogens with two attached hydrogens (primary N) is 1. The van der Waals surface area contributed by atoms with E-state index in [2.05, 4.69) is 9.97 Å². The number of alkyl halides is 2. The minimum atomic E-state index is -4.64.